The summed E-state index contributed by atoms with van der Waals surface area (Å²) in [5.74, 6) is 2.46. The van der Waals surface area contributed by atoms with Crippen molar-refractivity contribution in [3.63, 3.8) is 0 Å². The molecule has 0 spiro atoms. The summed E-state index contributed by atoms with van der Waals surface area (Å²) >= 11 is 3.95. The summed E-state index contributed by atoms with van der Waals surface area (Å²) < 4.78 is 0. The first-order valence-electron chi connectivity index (χ1n) is 7.29. The number of thiazole rings is 1. The van der Waals surface area contributed by atoms with Gasteiger partial charge in [-0.05, 0) is 19.9 Å². The highest BCUT2D eigenvalue weighted by molar-refractivity contribution is 7.99. The minimum absolute atomic E-state index is 0.617. The maximum atomic E-state index is 4.92. The van der Waals surface area contributed by atoms with Crippen LogP contribution >= 0.6 is 23.1 Å². The van der Waals surface area contributed by atoms with Gasteiger partial charge in [-0.25, -0.2) is 4.98 Å². The smallest absolute Gasteiger partial charge is 0.186 e. The fourth-order valence-corrected chi connectivity index (χ4v) is 4.53. The Morgan fingerprint density at radius 2 is 2.26 bits per heavy atom. The molecule has 0 bridgehead atoms. The minimum atomic E-state index is 0.617. The van der Waals surface area contributed by atoms with Crippen molar-refractivity contribution < 1.29 is 0 Å². The lowest BCUT2D eigenvalue weighted by Gasteiger charge is -2.32. The largest absolute Gasteiger partial charge is 0.344 e. The molecular weight excluding hydrogens is 274 g/mol. The second kappa shape index (κ2) is 7.50. The first-order valence-corrected chi connectivity index (χ1v) is 9.27. The number of anilines is 1. The Bertz CT molecular complexity index is 392. The monoisotopic (exact) mass is 299 g/mol. The quantitative estimate of drug-likeness (QED) is 0.873. The van der Waals surface area contributed by atoms with Crippen LogP contribution in [0.15, 0.2) is 0 Å². The van der Waals surface area contributed by atoms with Gasteiger partial charge in [0.1, 0.15) is 0 Å². The zero-order chi connectivity index (χ0) is 13.7. The van der Waals surface area contributed by atoms with Crippen molar-refractivity contribution in [1.82, 2.24) is 10.3 Å². The van der Waals surface area contributed by atoms with Crippen molar-refractivity contribution in [2.24, 2.45) is 0 Å². The summed E-state index contributed by atoms with van der Waals surface area (Å²) in [6.45, 7) is 9.85. The van der Waals surface area contributed by atoms with Gasteiger partial charge in [0.15, 0.2) is 5.13 Å². The normalized spacial score (nSPS) is 19.9. The molecule has 3 nitrogen and oxygen atoms in total. The number of hydrogen-bond acceptors (Lipinski definition) is 5. The van der Waals surface area contributed by atoms with Gasteiger partial charge in [-0.3, -0.25) is 0 Å². The van der Waals surface area contributed by atoms with Gasteiger partial charge in [-0.15, -0.1) is 11.3 Å². The number of rotatable bonds is 6. The Kier molecular flexibility index (Phi) is 5.98. The van der Waals surface area contributed by atoms with Crippen molar-refractivity contribution in [2.75, 3.05) is 29.5 Å². The van der Waals surface area contributed by atoms with E-state index in [0.717, 1.165) is 26.1 Å². The summed E-state index contributed by atoms with van der Waals surface area (Å²) in [6, 6.07) is 0.617. The predicted molar refractivity (Wildman–Crippen MR) is 87.6 cm³/mol. The summed E-state index contributed by atoms with van der Waals surface area (Å²) in [4.78, 5) is 8.85. The summed E-state index contributed by atoms with van der Waals surface area (Å²) in [5.41, 5.74) is 1.31. The molecule has 0 aromatic carbocycles. The van der Waals surface area contributed by atoms with Crippen LogP contribution in [0.2, 0.25) is 0 Å². The number of nitrogens with zero attached hydrogens (tertiary/aromatic N) is 2. The van der Waals surface area contributed by atoms with E-state index in [9.17, 15) is 0 Å². The Labute approximate surface area is 125 Å². The van der Waals surface area contributed by atoms with E-state index in [1.807, 2.05) is 11.3 Å². The molecule has 1 fully saturated rings. The lowest BCUT2D eigenvalue weighted by molar-refractivity contribution is 0.693. The number of aromatic nitrogens is 1. The zero-order valence-corrected chi connectivity index (χ0v) is 13.9. The lowest BCUT2D eigenvalue weighted by Crippen LogP contribution is -2.40. The van der Waals surface area contributed by atoms with Gasteiger partial charge in [-0.2, -0.15) is 11.8 Å². The van der Waals surface area contributed by atoms with E-state index in [1.165, 1.54) is 33.6 Å². The van der Waals surface area contributed by atoms with E-state index in [0.29, 0.717) is 6.04 Å². The maximum absolute atomic E-state index is 4.92. The van der Waals surface area contributed by atoms with Crippen LogP contribution in [0.4, 0.5) is 5.13 Å². The van der Waals surface area contributed by atoms with Gasteiger partial charge in [0.05, 0.1) is 5.69 Å². The van der Waals surface area contributed by atoms with Crippen LogP contribution in [-0.4, -0.2) is 35.6 Å². The molecule has 1 unspecified atom stereocenters. The molecule has 1 aromatic heterocycles. The highest BCUT2D eigenvalue weighted by atomic mass is 32.2. The van der Waals surface area contributed by atoms with E-state index in [1.54, 1.807) is 0 Å². The molecule has 108 valence electrons. The first-order chi connectivity index (χ1) is 9.26. The molecule has 0 amide bonds. The Balaban J connectivity index is 2.15. The molecule has 1 N–H and O–H groups in total. The van der Waals surface area contributed by atoms with Crippen LogP contribution in [0.25, 0.3) is 0 Å². The molecule has 2 heterocycles. The Hall–Kier alpha value is -0.260. The second-order valence-corrected chi connectivity index (χ2v) is 7.23. The van der Waals surface area contributed by atoms with Gasteiger partial charge in [0.25, 0.3) is 0 Å². The molecule has 1 aliphatic heterocycles. The summed E-state index contributed by atoms with van der Waals surface area (Å²) in [5, 5.41) is 4.68. The van der Waals surface area contributed by atoms with Crippen molar-refractivity contribution in [3.8, 4) is 0 Å². The van der Waals surface area contributed by atoms with Crippen LogP contribution in [-0.2, 0) is 13.0 Å². The molecule has 1 atom stereocenters. The molecule has 19 heavy (non-hydrogen) atoms. The number of hydrogen-bond donors (Lipinski definition) is 1. The molecule has 1 saturated heterocycles. The van der Waals surface area contributed by atoms with Crippen LogP contribution in [0.3, 0.4) is 0 Å². The fourth-order valence-electron chi connectivity index (χ4n) is 2.31. The molecule has 5 heteroatoms. The highest BCUT2D eigenvalue weighted by Gasteiger charge is 2.23. The molecule has 1 aromatic rings. The van der Waals surface area contributed by atoms with Crippen LogP contribution in [0.5, 0.6) is 0 Å². The van der Waals surface area contributed by atoms with Gasteiger partial charge in [-0.1, -0.05) is 20.3 Å². The van der Waals surface area contributed by atoms with Crippen molar-refractivity contribution in [2.45, 2.75) is 46.2 Å². The zero-order valence-electron chi connectivity index (χ0n) is 12.2. The average molecular weight is 300 g/mol. The molecule has 2 rings (SSSR count). The van der Waals surface area contributed by atoms with Crippen molar-refractivity contribution in [1.29, 1.82) is 0 Å². The predicted octanol–water partition coefficient (Wildman–Crippen LogP) is 3.15. The van der Waals surface area contributed by atoms with Gasteiger partial charge < -0.3 is 10.2 Å². The van der Waals surface area contributed by atoms with Gasteiger partial charge in [0, 0.05) is 35.5 Å². The van der Waals surface area contributed by atoms with Crippen molar-refractivity contribution >= 4 is 28.2 Å². The third kappa shape index (κ3) is 3.86. The van der Waals surface area contributed by atoms with Crippen LogP contribution < -0.4 is 10.2 Å². The Morgan fingerprint density at radius 1 is 1.42 bits per heavy atom. The van der Waals surface area contributed by atoms with E-state index in [4.69, 9.17) is 4.98 Å². The molecule has 0 aliphatic carbocycles. The fraction of sp³-hybridized carbons (Fsp3) is 0.786. The van der Waals surface area contributed by atoms with E-state index in [-0.39, 0.29) is 0 Å². The van der Waals surface area contributed by atoms with Crippen LogP contribution in [0, 0.1) is 0 Å². The highest BCUT2D eigenvalue weighted by Crippen LogP contribution is 2.31. The molecule has 0 saturated carbocycles. The summed E-state index contributed by atoms with van der Waals surface area (Å²) in [7, 11) is 0. The Morgan fingerprint density at radius 3 is 2.95 bits per heavy atom. The minimum Gasteiger partial charge on any atom is -0.344 e. The van der Waals surface area contributed by atoms with Crippen molar-refractivity contribution in [3.05, 3.63) is 10.6 Å². The number of thioether (sulfide) groups is 1. The lowest BCUT2D eigenvalue weighted by atomic mass is 10.2. The SMILES string of the molecule is CCCc1nc(N2CCSCC2C)sc1CNCC. The van der Waals surface area contributed by atoms with Gasteiger partial charge in [0.2, 0.25) is 0 Å². The van der Waals surface area contributed by atoms with Crippen LogP contribution in [0.1, 0.15) is 37.8 Å². The third-order valence-corrected chi connectivity index (χ3v) is 5.73. The van der Waals surface area contributed by atoms with E-state index < -0.39 is 0 Å². The standard InChI is InChI=1S/C14H25N3S2/c1-4-6-12-13(9-15-5-2)19-14(16-12)17-7-8-18-10-11(17)3/h11,15H,4-10H2,1-3H3. The maximum Gasteiger partial charge on any atom is 0.186 e. The topological polar surface area (TPSA) is 28.2 Å². The summed E-state index contributed by atoms with van der Waals surface area (Å²) in [6.07, 6.45) is 2.28. The first kappa shape index (κ1) is 15.1. The molecule has 0 radical (unpaired) electrons. The number of aryl methyl sites for hydroxylation is 1. The molecular formula is C14H25N3S2. The van der Waals surface area contributed by atoms with E-state index in [2.05, 4.69) is 42.7 Å². The second-order valence-electron chi connectivity index (χ2n) is 5.01. The van der Waals surface area contributed by atoms with Gasteiger partial charge >= 0.3 is 0 Å². The molecule has 1 aliphatic rings. The average Bonchev–Trinajstić information content (AvgIpc) is 2.80. The third-order valence-electron chi connectivity index (χ3n) is 3.40. The number of nitrogens with one attached hydrogen (secondary N) is 1. The van der Waals surface area contributed by atoms with E-state index >= 15 is 0 Å².